The summed E-state index contributed by atoms with van der Waals surface area (Å²) in [5, 5.41) is 15.4. The van der Waals surface area contributed by atoms with Crippen LogP contribution >= 0.6 is 34.4 Å². The van der Waals surface area contributed by atoms with Gasteiger partial charge in [0.15, 0.2) is 11.0 Å². The molecule has 2 aromatic carbocycles. The maximum absolute atomic E-state index is 4.85. The summed E-state index contributed by atoms with van der Waals surface area (Å²) < 4.78 is 2.16. The lowest BCUT2D eigenvalue weighted by atomic mass is 10.0. The first kappa shape index (κ1) is 23.7. The lowest BCUT2D eigenvalue weighted by Gasteiger charge is -2.10. The Morgan fingerprint density at radius 2 is 1.57 bits per heavy atom. The minimum atomic E-state index is 0.651. The molecule has 7 heteroatoms. The predicted octanol–water partition coefficient (Wildman–Crippen LogP) is 8.20. The molecule has 35 heavy (non-hydrogen) atoms. The summed E-state index contributed by atoms with van der Waals surface area (Å²) in [5.74, 6) is 1.62. The third-order valence-electron chi connectivity index (χ3n) is 5.78. The van der Waals surface area contributed by atoms with Gasteiger partial charge in [0, 0.05) is 44.6 Å². The van der Waals surface area contributed by atoms with Crippen LogP contribution in [0.15, 0.2) is 77.1 Å². The van der Waals surface area contributed by atoms with E-state index in [-0.39, 0.29) is 0 Å². The first-order valence-electron chi connectivity index (χ1n) is 11.4. The number of nitrogens with zero attached hydrogens (tertiary/aromatic N) is 4. The molecule has 4 nitrogen and oxygen atoms in total. The molecular weight excluding hydrogens is 489 g/mol. The van der Waals surface area contributed by atoms with Crippen LogP contribution in [0.25, 0.3) is 33.1 Å². The number of aromatic nitrogens is 4. The van der Waals surface area contributed by atoms with Gasteiger partial charge in [-0.3, -0.25) is 4.57 Å². The summed E-state index contributed by atoms with van der Waals surface area (Å²) in [4.78, 5) is 6.13. The molecule has 0 saturated carbocycles. The van der Waals surface area contributed by atoms with Gasteiger partial charge in [0.05, 0.1) is 5.69 Å². The Kier molecular flexibility index (Phi) is 7.00. The zero-order chi connectivity index (χ0) is 24.4. The molecule has 176 valence electrons. The van der Waals surface area contributed by atoms with Gasteiger partial charge in [0.25, 0.3) is 0 Å². The molecule has 0 amide bonds. The van der Waals surface area contributed by atoms with Crippen molar-refractivity contribution in [2.75, 3.05) is 0 Å². The van der Waals surface area contributed by atoms with Gasteiger partial charge in [0.1, 0.15) is 5.01 Å². The Bertz CT molecular complexity index is 1460. The van der Waals surface area contributed by atoms with Crippen LogP contribution in [0.2, 0.25) is 0 Å². The number of hydrogen-bond acceptors (Lipinski definition) is 6. The molecule has 0 saturated heterocycles. The van der Waals surface area contributed by atoms with Gasteiger partial charge >= 0.3 is 0 Å². The van der Waals surface area contributed by atoms with Gasteiger partial charge in [-0.25, -0.2) is 4.98 Å². The van der Waals surface area contributed by atoms with Gasteiger partial charge in [-0.15, -0.1) is 39.4 Å². The number of thiazole rings is 1. The Labute approximate surface area is 218 Å². The molecule has 5 rings (SSSR count). The zero-order valence-corrected chi connectivity index (χ0v) is 22.4. The zero-order valence-electron chi connectivity index (χ0n) is 20.0. The van der Waals surface area contributed by atoms with E-state index in [0.717, 1.165) is 38.6 Å². The Balaban J connectivity index is 1.41. The van der Waals surface area contributed by atoms with Gasteiger partial charge in [-0.2, -0.15) is 0 Å². The SMILES string of the molecule is C=CCn1c(SCc2csc(-c3ccc(C)cc3)n2)nnc1-c1csc(C)c1-c1ccc(C)cc1. The molecule has 0 aliphatic rings. The molecule has 3 heterocycles. The second kappa shape index (κ2) is 10.3. The highest BCUT2D eigenvalue weighted by molar-refractivity contribution is 7.98. The standard InChI is InChI=1S/C28H26N4S3/c1-5-14-32-26(24-17-33-20(4)25(24)21-10-6-18(2)7-11-21)30-31-28(32)35-16-23-15-34-27(29-23)22-12-8-19(3)9-13-22/h5-13,15,17H,1,14,16H2,2-4H3. The largest absolute Gasteiger partial charge is 0.298 e. The van der Waals surface area contributed by atoms with Crippen LogP contribution in [0, 0.1) is 20.8 Å². The molecule has 5 aromatic rings. The van der Waals surface area contributed by atoms with Crippen LogP contribution in [0.3, 0.4) is 0 Å². The van der Waals surface area contributed by atoms with E-state index in [9.17, 15) is 0 Å². The van der Waals surface area contributed by atoms with Crippen molar-refractivity contribution in [1.29, 1.82) is 0 Å². The van der Waals surface area contributed by atoms with E-state index >= 15 is 0 Å². The smallest absolute Gasteiger partial charge is 0.192 e. The van der Waals surface area contributed by atoms with Gasteiger partial charge in [-0.05, 0) is 26.3 Å². The van der Waals surface area contributed by atoms with Gasteiger partial charge in [-0.1, -0.05) is 77.5 Å². The van der Waals surface area contributed by atoms with E-state index < -0.39 is 0 Å². The first-order chi connectivity index (χ1) is 17.0. The molecule has 0 fully saturated rings. The molecule has 3 aromatic heterocycles. The quantitative estimate of drug-likeness (QED) is 0.155. The Morgan fingerprint density at radius 1 is 0.886 bits per heavy atom. The summed E-state index contributed by atoms with van der Waals surface area (Å²) in [6.45, 7) is 11.0. The molecule has 0 aliphatic heterocycles. The van der Waals surface area contributed by atoms with Crippen molar-refractivity contribution in [2.24, 2.45) is 0 Å². The van der Waals surface area contributed by atoms with Crippen molar-refractivity contribution in [3.8, 4) is 33.1 Å². The van der Waals surface area contributed by atoms with Crippen LogP contribution in [-0.2, 0) is 12.3 Å². The van der Waals surface area contributed by atoms with E-state index in [0.29, 0.717) is 6.54 Å². The van der Waals surface area contributed by atoms with Crippen LogP contribution in [0.5, 0.6) is 0 Å². The average molecular weight is 515 g/mol. The molecule has 0 aliphatic carbocycles. The number of thioether (sulfide) groups is 1. The lowest BCUT2D eigenvalue weighted by Crippen LogP contribution is -2.01. The fourth-order valence-electron chi connectivity index (χ4n) is 3.93. The summed E-state index contributed by atoms with van der Waals surface area (Å²) >= 11 is 5.10. The number of allylic oxidation sites excluding steroid dienone is 1. The molecule has 0 spiro atoms. The fraction of sp³-hybridized carbons (Fsp3) is 0.179. The maximum atomic E-state index is 4.85. The van der Waals surface area contributed by atoms with E-state index in [4.69, 9.17) is 4.98 Å². The Hall–Kier alpha value is -3.00. The van der Waals surface area contributed by atoms with Crippen LogP contribution in [0.1, 0.15) is 21.7 Å². The molecule has 0 atom stereocenters. The third-order valence-corrected chi connectivity index (χ3v) is 8.64. The van der Waals surface area contributed by atoms with Gasteiger partial charge < -0.3 is 0 Å². The fourth-order valence-corrected chi connectivity index (χ4v) is 6.56. The number of hydrogen-bond donors (Lipinski definition) is 0. The van der Waals surface area contributed by atoms with E-state index in [1.54, 1.807) is 34.4 Å². The summed E-state index contributed by atoms with van der Waals surface area (Å²) in [7, 11) is 0. The number of aryl methyl sites for hydroxylation is 3. The van der Waals surface area contributed by atoms with Crippen molar-refractivity contribution in [2.45, 2.75) is 38.2 Å². The predicted molar refractivity (Wildman–Crippen MR) is 150 cm³/mol. The van der Waals surface area contributed by atoms with E-state index in [2.05, 4.69) is 101 Å². The Morgan fingerprint density at radius 3 is 2.26 bits per heavy atom. The first-order valence-corrected chi connectivity index (χ1v) is 14.1. The van der Waals surface area contributed by atoms with Crippen LogP contribution < -0.4 is 0 Å². The minimum Gasteiger partial charge on any atom is -0.298 e. The highest BCUT2D eigenvalue weighted by Gasteiger charge is 2.20. The molecule has 0 radical (unpaired) electrons. The second-order valence-electron chi connectivity index (χ2n) is 8.45. The van der Waals surface area contributed by atoms with Gasteiger partial charge in [0.2, 0.25) is 0 Å². The molecule has 0 N–H and O–H groups in total. The maximum Gasteiger partial charge on any atom is 0.192 e. The molecular formula is C28H26N4S3. The van der Waals surface area contributed by atoms with Crippen molar-refractivity contribution >= 4 is 34.4 Å². The summed E-state index contributed by atoms with van der Waals surface area (Å²) in [5.41, 5.74) is 8.27. The topological polar surface area (TPSA) is 43.6 Å². The second-order valence-corrected chi connectivity index (χ2v) is 11.3. The third kappa shape index (κ3) is 5.03. The summed E-state index contributed by atoms with van der Waals surface area (Å²) in [6.07, 6.45) is 1.90. The monoisotopic (exact) mass is 514 g/mol. The van der Waals surface area contributed by atoms with Crippen molar-refractivity contribution in [3.05, 3.63) is 93.6 Å². The van der Waals surface area contributed by atoms with Crippen molar-refractivity contribution in [3.63, 3.8) is 0 Å². The van der Waals surface area contributed by atoms with Crippen LogP contribution in [0.4, 0.5) is 0 Å². The van der Waals surface area contributed by atoms with E-state index in [1.165, 1.54) is 27.1 Å². The number of benzene rings is 2. The number of thiophene rings is 1. The van der Waals surface area contributed by atoms with Crippen LogP contribution in [-0.4, -0.2) is 19.7 Å². The van der Waals surface area contributed by atoms with E-state index in [1.807, 2.05) is 6.08 Å². The average Bonchev–Trinajstić information content (AvgIpc) is 3.58. The van der Waals surface area contributed by atoms with Crippen molar-refractivity contribution in [1.82, 2.24) is 19.7 Å². The van der Waals surface area contributed by atoms with Crippen molar-refractivity contribution < 1.29 is 0 Å². The summed E-state index contributed by atoms with van der Waals surface area (Å²) in [6, 6.07) is 17.2. The molecule has 0 bridgehead atoms. The lowest BCUT2D eigenvalue weighted by molar-refractivity contribution is 0.731. The highest BCUT2D eigenvalue weighted by atomic mass is 32.2. The number of rotatable bonds is 8. The minimum absolute atomic E-state index is 0.651. The molecule has 0 unspecified atom stereocenters. The highest BCUT2D eigenvalue weighted by Crippen LogP contribution is 2.39. The normalized spacial score (nSPS) is 11.2.